The average molecular weight is 833 g/mol. The molecule has 0 spiro atoms. The zero-order valence-electron chi connectivity index (χ0n) is 28.4. The standard InChI is InChI=1S/C32H28N6O13S4/c1-12(39)49-17-4-3-14(7-18(17)50-13(2)40)21-19(8-20(41)42)55-31(36-21)54-10-15-9-52-27-23(26(44)38(27)24(15)28(45)46)35-25(43)22(16-11-53-30(33)34-16)37-51-32(5-6-32)29(47)48/h3-4,7,11,23,27H,5-6,8-10H2,1-2H3,(H2,33,34)(H,35,43)(H,41,42)(H,45,46)(H,47,48)/t23-,27+/m1/s1. The number of hydrogen-bond donors (Lipinski definition) is 5. The number of nitrogens with two attached hydrogens (primary N) is 1. The summed E-state index contributed by atoms with van der Waals surface area (Å²) in [5, 5.41) is 36.3. The Hall–Kier alpha value is -5.52. The van der Waals surface area contributed by atoms with Crippen LogP contribution >= 0.6 is 46.2 Å². The maximum absolute atomic E-state index is 13.4. The molecule has 1 saturated carbocycles. The minimum atomic E-state index is -1.57. The third-order valence-electron chi connectivity index (χ3n) is 8.01. The van der Waals surface area contributed by atoms with Gasteiger partial charge in [-0.2, -0.15) is 0 Å². The fourth-order valence-corrected chi connectivity index (χ4v) is 9.58. The van der Waals surface area contributed by atoms with Gasteiger partial charge in [-0.3, -0.25) is 28.9 Å². The van der Waals surface area contributed by atoms with Crippen molar-refractivity contribution in [3.63, 3.8) is 0 Å². The van der Waals surface area contributed by atoms with Crippen molar-refractivity contribution in [3.05, 3.63) is 45.4 Å². The number of carboxylic acid groups (broad SMARTS) is 3. The molecule has 1 aromatic carbocycles. The predicted octanol–water partition coefficient (Wildman–Crippen LogP) is 2.20. The number of rotatable bonds is 15. The summed E-state index contributed by atoms with van der Waals surface area (Å²) >= 11 is 4.38. The number of carboxylic acids is 3. The highest BCUT2D eigenvalue weighted by Crippen LogP contribution is 2.44. The molecule has 3 aliphatic rings. The monoisotopic (exact) mass is 832 g/mol. The Labute approximate surface area is 325 Å². The van der Waals surface area contributed by atoms with Crippen molar-refractivity contribution >= 4 is 98.7 Å². The van der Waals surface area contributed by atoms with Gasteiger partial charge in [-0.15, -0.1) is 34.4 Å². The number of thiazole rings is 2. The van der Waals surface area contributed by atoms with Crippen LogP contribution in [0.5, 0.6) is 11.5 Å². The van der Waals surface area contributed by atoms with Gasteiger partial charge in [-0.05, 0) is 23.8 Å². The number of amides is 2. The molecule has 2 fully saturated rings. The van der Waals surface area contributed by atoms with Crippen molar-refractivity contribution in [3.8, 4) is 22.8 Å². The smallest absolute Gasteiger partial charge is 0.352 e. The molecule has 2 aliphatic heterocycles. The van der Waals surface area contributed by atoms with Crippen LogP contribution in [-0.4, -0.2) is 106 Å². The number of hydrogen-bond acceptors (Lipinski definition) is 18. The highest BCUT2D eigenvalue weighted by molar-refractivity contribution is 8.01. The molecule has 23 heteroatoms. The molecule has 4 heterocycles. The van der Waals surface area contributed by atoms with Gasteiger partial charge in [0.15, 0.2) is 26.7 Å². The lowest BCUT2D eigenvalue weighted by atomic mass is 10.0. The summed E-state index contributed by atoms with van der Waals surface area (Å²) in [6.07, 6.45) is -0.0523. The van der Waals surface area contributed by atoms with Crippen molar-refractivity contribution in [1.82, 2.24) is 20.2 Å². The van der Waals surface area contributed by atoms with Crippen LogP contribution < -0.4 is 20.5 Å². The minimum absolute atomic E-state index is 0.00718. The normalized spacial score (nSPS) is 18.5. The predicted molar refractivity (Wildman–Crippen MR) is 196 cm³/mol. The van der Waals surface area contributed by atoms with Gasteiger partial charge in [0.25, 0.3) is 11.8 Å². The minimum Gasteiger partial charge on any atom is -0.481 e. The Morgan fingerprint density at radius 1 is 1.07 bits per heavy atom. The summed E-state index contributed by atoms with van der Waals surface area (Å²) in [7, 11) is 0. The first kappa shape index (κ1) is 39.2. The first-order valence-corrected chi connectivity index (χ1v) is 19.6. The number of nitrogens with zero attached hydrogens (tertiary/aromatic N) is 4. The van der Waals surface area contributed by atoms with E-state index in [4.69, 9.17) is 20.0 Å². The third-order valence-corrected chi connectivity index (χ3v) is 12.3. The van der Waals surface area contributed by atoms with Crippen LogP contribution in [0.4, 0.5) is 5.13 Å². The lowest BCUT2D eigenvalue weighted by Crippen LogP contribution is -2.71. The van der Waals surface area contributed by atoms with Crippen molar-refractivity contribution in [2.45, 2.75) is 54.5 Å². The van der Waals surface area contributed by atoms with E-state index in [1.54, 1.807) is 0 Å². The zero-order chi connectivity index (χ0) is 39.8. The number of esters is 2. The zero-order valence-corrected chi connectivity index (χ0v) is 31.7. The summed E-state index contributed by atoms with van der Waals surface area (Å²) in [6.45, 7) is 2.33. The number of nitrogens with one attached hydrogen (secondary N) is 1. The van der Waals surface area contributed by atoms with E-state index >= 15 is 0 Å². The maximum atomic E-state index is 13.4. The largest absolute Gasteiger partial charge is 0.481 e. The van der Waals surface area contributed by atoms with Crippen molar-refractivity contribution in [2.24, 2.45) is 5.16 Å². The number of thioether (sulfide) groups is 2. The molecule has 55 heavy (non-hydrogen) atoms. The summed E-state index contributed by atoms with van der Waals surface area (Å²) in [5.74, 6) is -6.67. The van der Waals surface area contributed by atoms with Crippen molar-refractivity contribution < 1.29 is 63.2 Å². The molecular weight excluding hydrogens is 805 g/mol. The van der Waals surface area contributed by atoms with E-state index in [0.717, 1.165) is 46.3 Å². The Morgan fingerprint density at radius 3 is 2.38 bits per heavy atom. The first-order valence-electron chi connectivity index (χ1n) is 15.8. The number of fused-ring (bicyclic) bond motifs is 1. The molecule has 6 rings (SSSR count). The number of ether oxygens (including phenoxy) is 2. The molecule has 0 unspecified atom stereocenters. The van der Waals surface area contributed by atoms with E-state index in [9.17, 15) is 48.9 Å². The molecule has 6 N–H and O–H groups in total. The van der Waals surface area contributed by atoms with Gasteiger partial charge in [0.1, 0.15) is 22.8 Å². The molecule has 1 aliphatic carbocycles. The van der Waals surface area contributed by atoms with Gasteiger partial charge in [-0.1, -0.05) is 16.9 Å². The van der Waals surface area contributed by atoms with E-state index in [1.165, 1.54) is 42.3 Å². The Morgan fingerprint density at radius 2 is 1.78 bits per heavy atom. The van der Waals surface area contributed by atoms with Crippen LogP contribution in [0.2, 0.25) is 0 Å². The van der Waals surface area contributed by atoms with Crippen LogP contribution in [0.25, 0.3) is 11.3 Å². The summed E-state index contributed by atoms with van der Waals surface area (Å²) < 4.78 is 10.7. The van der Waals surface area contributed by atoms with E-state index in [0.29, 0.717) is 20.4 Å². The van der Waals surface area contributed by atoms with Crippen molar-refractivity contribution in [2.75, 3.05) is 17.2 Å². The van der Waals surface area contributed by atoms with Crippen LogP contribution in [0, 0.1) is 0 Å². The number of aliphatic carboxylic acids is 3. The molecule has 0 bridgehead atoms. The molecule has 2 aromatic heterocycles. The summed E-state index contributed by atoms with van der Waals surface area (Å²) in [5.41, 5.74) is 4.44. The van der Waals surface area contributed by atoms with Gasteiger partial charge in [0, 0.05) is 54.0 Å². The van der Waals surface area contributed by atoms with E-state index < -0.39 is 70.8 Å². The molecule has 19 nitrogen and oxygen atoms in total. The number of carbonyl (C=O) groups is 7. The molecule has 288 valence electrons. The quantitative estimate of drug-likeness (QED) is 0.0366. The Balaban J connectivity index is 1.20. The molecule has 3 aromatic rings. The second-order valence-electron chi connectivity index (χ2n) is 12.0. The number of nitrogen functional groups attached to an aromatic ring is 1. The fraction of sp³-hybridized carbons (Fsp3) is 0.312. The number of benzene rings is 1. The van der Waals surface area contributed by atoms with Gasteiger partial charge < -0.3 is 40.7 Å². The Kier molecular flexibility index (Phi) is 11.2. The van der Waals surface area contributed by atoms with Gasteiger partial charge >= 0.3 is 29.8 Å². The maximum Gasteiger partial charge on any atom is 0.352 e. The summed E-state index contributed by atoms with van der Waals surface area (Å²) in [6, 6.07) is 3.11. The molecule has 2 amide bonds. The lowest BCUT2D eigenvalue weighted by Gasteiger charge is -2.49. The highest BCUT2D eigenvalue weighted by Gasteiger charge is 2.56. The van der Waals surface area contributed by atoms with Crippen LogP contribution in [0.15, 0.2) is 44.3 Å². The average Bonchev–Trinajstić information content (AvgIpc) is 3.63. The van der Waals surface area contributed by atoms with E-state index in [2.05, 4.69) is 20.4 Å². The highest BCUT2D eigenvalue weighted by atomic mass is 32.2. The van der Waals surface area contributed by atoms with Crippen LogP contribution in [-0.2, 0) is 44.8 Å². The third kappa shape index (κ3) is 8.43. The van der Waals surface area contributed by atoms with Crippen molar-refractivity contribution in [1.29, 1.82) is 0 Å². The Bertz CT molecular complexity index is 2210. The second-order valence-corrected chi connectivity index (χ2v) is 16.3. The van der Waals surface area contributed by atoms with Crippen LogP contribution in [0.3, 0.4) is 0 Å². The van der Waals surface area contributed by atoms with E-state index in [1.807, 2.05) is 0 Å². The molecule has 2 atom stereocenters. The summed E-state index contributed by atoms with van der Waals surface area (Å²) in [4.78, 5) is 101. The fourth-order valence-electron chi connectivity index (χ4n) is 5.35. The molecular formula is C32H28N6O13S4. The first-order chi connectivity index (χ1) is 26.1. The molecule has 1 saturated heterocycles. The number of anilines is 1. The molecule has 0 radical (unpaired) electrons. The van der Waals surface area contributed by atoms with Gasteiger partial charge in [0.05, 0.1) is 12.1 Å². The number of carbonyl (C=O) groups excluding carboxylic acids is 4. The lowest BCUT2D eigenvalue weighted by molar-refractivity contribution is -0.153. The van der Waals surface area contributed by atoms with E-state index in [-0.39, 0.29) is 58.1 Å². The SMILES string of the molecule is CC(=O)Oc1ccc(-c2nc(SCC3=C(C(=O)O)N4C(=O)[C@@H](NC(=O)C(=NOC5(C(=O)O)CC5)c5csc(N)n5)[C@@H]4SC3)sc2CC(=O)O)cc1OC(C)=O. The second kappa shape index (κ2) is 15.7. The number of β-lactam (4-membered cyclic amide) rings is 1. The number of aromatic nitrogens is 2. The van der Waals surface area contributed by atoms with Gasteiger partial charge in [0.2, 0.25) is 5.60 Å². The number of oxime groups is 1. The van der Waals surface area contributed by atoms with Gasteiger partial charge in [-0.25, -0.2) is 19.6 Å². The topological polar surface area (TPSA) is 287 Å². The van der Waals surface area contributed by atoms with Crippen LogP contribution in [0.1, 0.15) is 37.3 Å².